The van der Waals surface area contributed by atoms with Crippen LogP contribution in [0.1, 0.15) is 11.1 Å². The molecule has 0 aliphatic rings. The lowest BCUT2D eigenvalue weighted by Gasteiger charge is -1.95. The van der Waals surface area contributed by atoms with Crippen molar-refractivity contribution in [2.75, 3.05) is 0 Å². The van der Waals surface area contributed by atoms with Gasteiger partial charge >= 0.3 is 0 Å². The van der Waals surface area contributed by atoms with Crippen LogP contribution in [0.15, 0.2) is 27.8 Å². The Balaban J connectivity index is 3.12. The third kappa shape index (κ3) is 1.83. The van der Waals surface area contributed by atoms with Gasteiger partial charge in [0, 0.05) is 4.47 Å². The summed E-state index contributed by atoms with van der Waals surface area (Å²) in [5.74, 6) is 0. The smallest absolute Gasteiger partial charge is 0.100 e. The number of rotatable bonds is 1. The Morgan fingerprint density at radius 2 is 2.33 bits per heavy atom. The minimum Gasteiger partial charge on any atom is -0.411 e. The summed E-state index contributed by atoms with van der Waals surface area (Å²) in [4.78, 5) is 0. The van der Waals surface area contributed by atoms with Crippen molar-refractivity contribution < 1.29 is 5.21 Å². The van der Waals surface area contributed by atoms with Crippen molar-refractivity contribution in [1.29, 1.82) is 5.26 Å². The number of halogens is 1. The van der Waals surface area contributed by atoms with Gasteiger partial charge in [0.05, 0.1) is 11.8 Å². The lowest BCUT2D eigenvalue weighted by Crippen LogP contribution is -1.83. The van der Waals surface area contributed by atoms with Gasteiger partial charge in [-0.1, -0.05) is 11.2 Å². The minimum atomic E-state index is 0.560. The summed E-state index contributed by atoms with van der Waals surface area (Å²) in [5.41, 5.74) is 1.30. The fourth-order valence-electron chi connectivity index (χ4n) is 0.769. The maximum absolute atomic E-state index is 8.58. The Kier molecular flexibility index (Phi) is 2.83. The van der Waals surface area contributed by atoms with Gasteiger partial charge in [0.25, 0.3) is 0 Å². The molecule has 4 heteroatoms. The molecule has 0 saturated carbocycles. The topological polar surface area (TPSA) is 56.4 Å². The van der Waals surface area contributed by atoms with Gasteiger partial charge in [-0.05, 0) is 33.6 Å². The van der Waals surface area contributed by atoms with E-state index >= 15 is 0 Å². The van der Waals surface area contributed by atoms with Gasteiger partial charge in [-0.3, -0.25) is 0 Å². The molecule has 0 aliphatic heterocycles. The van der Waals surface area contributed by atoms with Crippen molar-refractivity contribution in [2.24, 2.45) is 5.16 Å². The molecule has 1 aromatic rings. The van der Waals surface area contributed by atoms with Crippen LogP contribution in [-0.4, -0.2) is 11.4 Å². The van der Waals surface area contributed by atoms with Crippen LogP contribution in [-0.2, 0) is 0 Å². The van der Waals surface area contributed by atoms with Gasteiger partial charge in [0.15, 0.2) is 0 Å². The molecule has 1 N–H and O–H groups in total. The molecular formula is C8H5BrN2O. The van der Waals surface area contributed by atoms with E-state index in [9.17, 15) is 0 Å². The highest BCUT2D eigenvalue weighted by atomic mass is 79.9. The van der Waals surface area contributed by atoms with Gasteiger partial charge in [0.2, 0.25) is 0 Å². The lowest BCUT2D eigenvalue weighted by molar-refractivity contribution is 0.322. The van der Waals surface area contributed by atoms with E-state index in [0.717, 1.165) is 5.56 Å². The second-order valence-electron chi connectivity index (χ2n) is 2.10. The average molecular weight is 225 g/mol. The standard InChI is InChI=1S/C8H5BrN2O/c9-8-3-6(5-11-12)1-2-7(8)4-10/h1-3,5,12H. The third-order valence-corrected chi connectivity index (χ3v) is 1.98. The van der Waals surface area contributed by atoms with Gasteiger partial charge in [-0.2, -0.15) is 5.26 Å². The van der Waals surface area contributed by atoms with Crippen molar-refractivity contribution in [1.82, 2.24) is 0 Å². The SMILES string of the molecule is N#Cc1ccc(C=NO)cc1Br. The van der Waals surface area contributed by atoms with Crippen molar-refractivity contribution in [3.05, 3.63) is 33.8 Å². The Bertz CT molecular complexity index is 355. The minimum absolute atomic E-state index is 0.560. The predicted molar refractivity (Wildman–Crippen MR) is 48.2 cm³/mol. The molecule has 0 aliphatic carbocycles. The molecule has 60 valence electrons. The van der Waals surface area contributed by atoms with Crippen LogP contribution in [0.4, 0.5) is 0 Å². The summed E-state index contributed by atoms with van der Waals surface area (Å²) in [6.07, 6.45) is 1.30. The van der Waals surface area contributed by atoms with Crippen molar-refractivity contribution in [2.45, 2.75) is 0 Å². The number of benzene rings is 1. The Hall–Kier alpha value is -1.34. The molecule has 1 aromatic carbocycles. The number of hydrogen-bond donors (Lipinski definition) is 1. The van der Waals surface area contributed by atoms with Crippen LogP contribution in [0.2, 0.25) is 0 Å². The molecule has 3 nitrogen and oxygen atoms in total. The Labute approximate surface area is 78.1 Å². The molecule has 0 radical (unpaired) electrons. The number of nitrogens with zero attached hydrogens (tertiary/aromatic N) is 2. The first kappa shape index (κ1) is 8.75. The molecule has 0 saturated heterocycles. The summed E-state index contributed by atoms with van der Waals surface area (Å²) >= 11 is 3.21. The highest BCUT2D eigenvalue weighted by Gasteiger charge is 1.97. The second-order valence-corrected chi connectivity index (χ2v) is 2.95. The molecule has 0 bridgehead atoms. The van der Waals surface area contributed by atoms with E-state index in [1.165, 1.54) is 6.21 Å². The van der Waals surface area contributed by atoms with Crippen molar-refractivity contribution in [3.63, 3.8) is 0 Å². The average Bonchev–Trinajstić information content (AvgIpc) is 2.05. The first-order valence-corrected chi connectivity index (χ1v) is 3.94. The maximum Gasteiger partial charge on any atom is 0.100 e. The van der Waals surface area contributed by atoms with Crippen molar-refractivity contribution >= 4 is 22.1 Å². The molecular weight excluding hydrogens is 220 g/mol. The van der Waals surface area contributed by atoms with E-state index in [1.807, 2.05) is 6.07 Å². The quantitative estimate of drug-likeness (QED) is 0.452. The summed E-state index contributed by atoms with van der Waals surface area (Å²) in [6, 6.07) is 7.07. The largest absolute Gasteiger partial charge is 0.411 e. The van der Waals surface area contributed by atoms with E-state index < -0.39 is 0 Å². The molecule has 1 rings (SSSR count). The summed E-state index contributed by atoms with van der Waals surface area (Å²) < 4.78 is 0.697. The van der Waals surface area contributed by atoms with E-state index in [2.05, 4.69) is 21.1 Å². The normalized spacial score (nSPS) is 10.0. The van der Waals surface area contributed by atoms with Crippen LogP contribution in [0.3, 0.4) is 0 Å². The van der Waals surface area contributed by atoms with E-state index in [-0.39, 0.29) is 0 Å². The van der Waals surface area contributed by atoms with Gasteiger partial charge in [-0.15, -0.1) is 0 Å². The zero-order valence-corrected chi connectivity index (χ0v) is 7.62. The monoisotopic (exact) mass is 224 g/mol. The lowest BCUT2D eigenvalue weighted by atomic mass is 10.2. The number of oxime groups is 1. The Morgan fingerprint density at radius 1 is 1.58 bits per heavy atom. The molecule has 0 fully saturated rings. The fourth-order valence-corrected chi connectivity index (χ4v) is 1.25. The van der Waals surface area contributed by atoms with Crippen LogP contribution < -0.4 is 0 Å². The molecule has 0 atom stereocenters. The molecule has 0 unspecified atom stereocenters. The number of nitriles is 1. The first-order chi connectivity index (χ1) is 5.77. The zero-order chi connectivity index (χ0) is 8.97. The third-order valence-electron chi connectivity index (χ3n) is 1.32. The van der Waals surface area contributed by atoms with E-state index in [1.54, 1.807) is 18.2 Å². The summed E-state index contributed by atoms with van der Waals surface area (Å²) in [6.45, 7) is 0. The Morgan fingerprint density at radius 3 is 2.83 bits per heavy atom. The van der Waals surface area contributed by atoms with Gasteiger partial charge in [-0.25, -0.2) is 0 Å². The zero-order valence-electron chi connectivity index (χ0n) is 6.03. The molecule has 0 amide bonds. The molecule has 0 aromatic heterocycles. The molecule has 12 heavy (non-hydrogen) atoms. The van der Waals surface area contributed by atoms with Gasteiger partial charge in [0.1, 0.15) is 6.07 Å². The first-order valence-electron chi connectivity index (χ1n) is 3.15. The predicted octanol–water partition coefficient (Wildman–Crippen LogP) is 2.13. The summed E-state index contributed by atoms with van der Waals surface area (Å²) in [5, 5.41) is 19.7. The van der Waals surface area contributed by atoms with Crippen LogP contribution in [0.25, 0.3) is 0 Å². The molecule has 0 spiro atoms. The van der Waals surface area contributed by atoms with Crippen molar-refractivity contribution in [3.8, 4) is 6.07 Å². The van der Waals surface area contributed by atoms with E-state index in [4.69, 9.17) is 10.5 Å². The maximum atomic E-state index is 8.58. The second kappa shape index (κ2) is 3.88. The number of hydrogen-bond acceptors (Lipinski definition) is 3. The van der Waals surface area contributed by atoms with Gasteiger partial charge < -0.3 is 5.21 Å². The van der Waals surface area contributed by atoms with Crippen LogP contribution in [0.5, 0.6) is 0 Å². The fraction of sp³-hybridized carbons (Fsp3) is 0. The highest BCUT2D eigenvalue weighted by Crippen LogP contribution is 2.16. The summed E-state index contributed by atoms with van der Waals surface area (Å²) in [7, 11) is 0. The highest BCUT2D eigenvalue weighted by molar-refractivity contribution is 9.10. The van der Waals surface area contributed by atoms with E-state index in [0.29, 0.717) is 10.0 Å². The van der Waals surface area contributed by atoms with Crippen LogP contribution >= 0.6 is 15.9 Å². The van der Waals surface area contributed by atoms with Crippen LogP contribution in [0, 0.1) is 11.3 Å². The molecule has 0 heterocycles.